The van der Waals surface area contributed by atoms with Gasteiger partial charge >= 0.3 is 0 Å². The molecule has 1 fully saturated rings. The average Bonchev–Trinajstić information content (AvgIpc) is 3.52. The van der Waals surface area contributed by atoms with Gasteiger partial charge in [-0.25, -0.2) is 4.98 Å². The van der Waals surface area contributed by atoms with Crippen LogP contribution in [0.25, 0.3) is 21.5 Å². The summed E-state index contributed by atoms with van der Waals surface area (Å²) in [6, 6.07) is 12.9. The molecule has 6 nitrogen and oxygen atoms in total. The number of benzene rings is 2. The Balaban J connectivity index is 1.60. The molecule has 0 spiro atoms. The van der Waals surface area contributed by atoms with Crippen molar-refractivity contribution in [2.24, 2.45) is 0 Å². The van der Waals surface area contributed by atoms with Crippen molar-refractivity contribution in [3.63, 3.8) is 0 Å². The first-order chi connectivity index (χ1) is 15.5. The van der Waals surface area contributed by atoms with Gasteiger partial charge < -0.3 is 9.26 Å². The number of hydrogen-bond acceptors (Lipinski definition) is 6. The van der Waals surface area contributed by atoms with E-state index in [1.807, 2.05) is 30.3 Å². The second kappa shape index (κ2) is 8.83. The first-order valence-electron chi connectivity index (χ1n) is 10.2. The molecule has 2 aromatic carbocycles. The smallest absolute Gasteiger partial charge is 0.266 e. The number of hydrogen-bond donors (Lipinski definition) is 0. The number of nitrogens with zero attached hydrogens (tertiary/aromatic N) is 3. The van der Waals surface area contributed by atoms with Crippen LogP contribution < -0.4 is 4.90 Å². The van der Waals surface area contributed by atoms with Crippen molar-refractivity contribution in [2.45, 2.75) is 25.9 Å². The van der Waals surface area contributed by atoms with Gasteiger partial charge in [-0.15, -0.1) is 0 Å². The van der Waals surface area contributed by atoms with Gasteiger partial charge in [-0.1, -0.05) is 64.0 Å². The Morgan fingerprint density at radius 3 is 2.75 bits per heavy atom. The first kappa shape index (κ1) is 21.4. The van der Waals surface area contributed by atoms with Crippen LogP contribution in [0.1, 0.15) is 29.0 Å². The zero-order chi connectivity index (χ0) is 22.2. The van der Waals surface area contributed by atoms with Gasteiger partial charge in [-0.3, -0.25) is 9.69 Å². The van der Waals surface area contributed by atoms with E-state index < -0.39 is 0 Å². The van der Waals surface area contributed by atoms with Crippen molar-refractivity contribution in [3.05, 3.63) is 63.8 Å². The Bertz CT molecular complexity index is 1300. The van der Waals surface area contributed by atoms with E-state index in [1.54, 1.807) is 24.0 Å². The number of anilines is 1. The minimum atomic E-state index is -0.260. The van der Waals surface area contributed by atoms with E-state index in [0.29, 0.717) is 56.4 Å². The predicted octanol–water partition coefficient (Wildman–Crippen LogP) is 6.39. The lowest BCUT2D eigenvalue weighted by Gasteiger charge is -2.23. The number of thiazole rings is 1. The van der Waals surface area contributed by atoms with Gasteiger partial charge in [-0.05, 0) is 38.0 Å². The number of ether oxygens (including phenoxy) is 1. The van der Waals surface area contributed by atoms with Crippen LogP contribution in [-0.4, -0.2) is 35.3 Å². The summed E-state index contributed by atoms with van der Waals surface area (Å²) in [5.74, 6) is 0.158. The van der Waals surface area contributed by atoms with Crippen molar-refractivity contribution in [2.75, 3.05) is 18.1 Å². The molecule has 3 heterocycles. The quantitative estimate of drug-likeness (QED) is 0.326. The van der Waals surface area contributed by atoms with E-state index in [-0.39, 0.29) is 12.0 Å². The highest BCUT2D eigenvalue weighted by atomic mass is 35.5. The first-order valence-corrected chi connectivity index (χ1v) is 11.8. The largest absolute Gasteiger partial charge is 0.376 e. The van der Waals surface area contributed by atoms with E-state index in [0.717, 1.165) is 17.5 Å². The molecule has 32 heavy (non-hydrogen) atoms. The molecule has 0 N–H and O–H groups in total. The van der Waals surface area contributed by atoms with Crippen LogP contribution in [0.15, 0.2) is 47.0 Å². The molecule has 9 heteroatoms. The fourth-order valence-electron chi connectivity index (χ4n) is 3.85. The summed E-state index contributed by atoms with van der Waals surface area (Å²) >= 11 is 14.2. The van der Waals surface area contributed by atoms with E-state index >= 15 is 0 Å². The summed E-state index contributed by atoms with van der Waals surface area (Å²) in [5.41, 5.74) is 2.09. The SMILES string of the molecule is Cc1onc(-c2ccccc2Cl)c1C(=O)N(CC1CCCO1)c1nc2c(Cl)cccc2s1. The van der Waals surface area contributed by atoms with Gasteiger partial charge in [0.2, 0.25) is 0 Å². The molecule has 0 radical (unpaired) electrons. The summed E-state index contributed by atoms with van der Waals surface area (Å²) in [7, 11) is 0. The molecule has 1 atom stereocenters. The maximum absolute atomic E-state index is 13.9. The molecule has 5 rings (SSSR count). The highest BCUT2D eigenvalue weighted by Gasteiger charge is 2.32. The van der Waals surface area contributed by atoms with Crippen LogP contribution in [0.5, 0.6) is 0 Å². The average molecular weight is 488 g/mol. The normalized spacial score (nSPS) is 16.0. The van der Waals surface area contributed by atoms with Crippen LogP contribution >= 0.6 is 34.5 Å². The lowest BCUT2D eigenvalue weighted by Crippen LogP contribution is -2.37. The molecule has 1 saturated heterocycles. The lowest BCUT2D eigenvalue weighted by molar-refractivity contribution is 0.0916. The molecule has 0 saturated carbocycles. The van der Waals surface area contributed by atoms with Gasteiger partial charge in [0.25, 0.3) is 5.91 Å². The second-order valence-corrected chi connectivity index (χ2v) is 9.40. The molecule has 2 aromatic heterocycles. The number of para-hydroxylation sites is 1. The van der Waals surface area contributed by atoms with Gasteiger partial charge in [-0.2, -0.15) is 0 Å². The molecular weight excluding hydrogens is 469 g/mol. The number of amides is 1. The number of fused-ring (bicyclic) bond motifs is 1. The summed E-state index contributed by atoms with van der Waals surface area (Å²) in [4.78, 5) is 20.3. The van der Waals surface area contributed by atoms with E-state index in [4.69, 9.17) is 37.4 Å². The third-order valence-corrected chi connectivity index (χ3v) is 7.13. The third-order valence-electron chi connectivity index (χ3n) is 5.45. The van der Waals surface area contributed by atoms with E-state index in [1.165, 1.54) is 11.3 Å². The zero-order valence-corrected chi connectivity index (χ0v) is 19.5. The van der Waals surface area contributed by atoms with Crippen LogP contribution in [0.2, 0.25) is 10.0 Å². The Morgan fingerprint density at radius 2 is 2.00 bits per heavy atom. The summed E-state index contributed by atoms with van der Waals surface area (Å²) in [6.45, 7) is 2.79. The van der Waals surface area contributed by atoms with Crippen molar-refractivity contribution in [3.8, 4) is 11.3 Å². The Morgan fingerprint density at radius 1 is 1.19 bits per heavy atom. The maximum Gasteiger partial charge on any atom is 0.266 e. The van der Waals surface area contributed by atoms with Crippen molar-refractivity contribution in [1.82, 2.24) is 10.1 Å². The number of carbonyl (C=O) groups is 1. The van der Waals surface area contributed by atoms with Crippen LogP contribution in [0, 0.1) is 6.92 Å². The zero-order valence-electron chi connectivity index (χ0n) is 17.2. The predicted molar refractivity (Wildman–Crippen MR) is 127 cm³/mol. The molecule has 1 unspecified atom stereocenters. The van der Waals surface area contributed by atoms with E-state index in [9.17, 15) is 4.79 Å². The van der Waals surface area contributed by atoms with Crippen LogP contribution in [-0.2, 0) is 4.74 Å². The molecular formula is C23H19Cl2N3O3S. The standard InChI is InChI=1S/C23H19Cl2N3O3S/c1-13-19(20(27-31-13)15-7-2-3-8-16(15)24)22(29)28(12-14-6-5-11-30-14)23-26-21-17(25)9-4-10-18(21)32-23/h2-4,7-10,14H,5-6,11-12H2,1H3. The Labute approximate surface area is 198 Å². The molecule has 0 aliphatic carbocycles. The number of rotatable bonds is 5. The molecule has 1 aliphatic heterocycles. The third kappa shape index (κ3) is 3.90. The van der Waals surface area contributed by atoms with Gasteiger partial charge in [0.15, 0.2) is 5.13 Å². The summed E-state index contributed by atoms with van der Waals surface area (Å²) in [5, 5.41) is 5.75. The Hall–Kier alpha value is -2.45. The highest BCUT2D eigenvalue weighted by Crippen LogP contribution is 2.36. The van der Waals surface area contributed by atoms with Crippen molar-refractivity contribution in [1.29, 1.82) is 0 Å². The summed E-state index contributed by atoms with van der Waals surface area (Å²) < 4.78 is 12.2. The molecule has 164 valence electrons. The number of carbonyl (C=O) groups excluding carboxylic acids is 1. The monoisotopic (exact) mass is 487 g/mol. The fourth-order valence-corrected chi connectivity index (χ4v) is 5.35. The van der Waals surface area contributed by atoms with Crippen molar-refractivity contribution < 1.29 is 14.1 Å². The maximum atomic E-state index is 13.9. The number of aromatic nitrogens is 2. The molecule has 1 aliphatic rings. The van der Waals surface area contributed by atoms with Gasteiger partial charge in [0, 0.05) is 12.2 Å². The summed E-state index contributed by atoms with van der Waals surface area (Å²) in [6.07, 6.45) is 1.79. The fraction of sp³-hybridized carbons (Fsp3) is 0.261. The van der Waals surface area contributed by atoms with Gasteiger partial charge in [0.05, 0.1) is 27.4 Å². The number of halogens is 2. The van der Waals surface area contributed by atoms with Crippen LogP contribution in [0.4, 0.5) is 5.13 Å². The lowest BCUT2D eigenvalue weighted by atomic mass is 10.0. The second-order valence-electron chi connectivity index (χ2n) is 7.58. The van der Waals surface area contributed by atoms with Gasteiger partial charge in [0.1, 0.15) is 22.5 Å². The molecule has 1 amide bonds. The molecule has 0 bridgehead atoms. The number of aryl methyl sites for hydroxylation is 1. The molecule has 4 aromatic rings. The topological polar surface area (TPSA) is 68.5 Å². The Kier molecular flexibility index (Phi) is 5.90. The highest BCUT2D eigenvalue weighted by molar-refractivity contribution is 7.22. The minimum absolute atomic E-state index is 0.0645. The van der Waals surface area contributed by atoms with Crippen molar-refractivity contribution >= 4 is 55.8 Å². The van der Waals surface area contributed by atoms with E-state index in [2.05, 4.69) is 5.16 Å². The minimum Gasteiger partial charge on any atom is -0.376 e. The van der Waals surface area contributed by atoms with Crippen LogP contribution in [0.3, 0.4) is 0 Å².